The molecule has 5 heteroatoms. The Bertz CT molecular complexity index is 1270. The molecule has 1 N–H and O–H groups in total. The molecular formula is C27H23N3O2. The van der Waals surface area contributed by atoms with Crippen LogP contribution < -0.4 is 10.1 Å². The highest BCUT2D eigenvalue weighted by atomic mass is 16.5. The van der Waals surface area contributed by atoms with Crippen molar-refractivity contribution >= 4 is 5.91 Å². The van der Waals surface area contributed by atoms with Gasteiger partial charge < -0.3 is 10.1 Å². The molecule has 1 amide bonds. The molecule has 0 radical (unpaired) electrons. The molecule has 0 unspecified atom stereocenters. The van der Waals surface area contributed by atoms with Gasteiger partial charge in [-0.25, -0.2) is 9.97 Å². The van der Waals surface area contributed by atoms with E-state index in [4.69, 9.17) is 4.74 Å². The van der Waals surface area contributed by atoms with Crippen molar-refractivity contribution in [3.8, 4) is 28.0 Å². The van der Waals surface area contributed by atoms with Gasteiger partial charge in [0.15, 0.2) is 0 Å². The van der Waals surface area contributed by atoms with Crippen molar-refractivity contribution in [2.24, 2.45) is 0 Å². The Morgan fingerprint density at radius 3 is 2.53 bits per heavy atom. The van der Waals surface area contributed by atoms with E-state index in [9.17, 15) is 4.79 Å². The molecule has 32 heavy (non-hydrogen) atoms. The summed E-state index contributed by atoms with van der Waals surface area (Å²) in [6.07, 6.45) is 5.71. The quantitative estimate of drug-likeness (QED) is 0.500. The van der Waals surface area contributed by atoms with E-state index in [2.05, 4.69) is 46.5 Å². The molecule has 1 aliphatic rings. The van der Waals surface area contributed by atoms with Gasteiger partial charge in [0, 0.05) is 35.5 Å². The maximum atomic E-state index is 12.8. The van der Waals surface area contributed by atoms with Crippen LogP contribution in [0.3, 0.4) is 0 Å². The second kappa shape index (κ2) is 8.63. The van der Waals surface area contributed by atoms with Crippen LogP contribution in [0.1, 0.15) is 21.5 Å². The number of carbonyl (C=O) groups is 1. The first kappa shape index (κ1) is 19.9. The van der Waals surface area contributed by atoms with E-state index in [-0.39, 0.29) is 12.0 Å². The lowest BCUT2D eigenvalue weighted by Crippen LogP contribution is -2.34. The molecule has 0 saturated carbocycles. The van der Waals surface area contributed by atoms with E-state index in [0.717, 1.165) is 40.0 Å². The van der Waals surface area contributed by atoms with Crippen molar-refractivity contribution in [3.63, 3.8) is 0 Å². The van der Waals surface area contributed by atoms with Crippen LogP contribution >= 0.6 is 0 Å². The number of aryl methyl sites for hydroxylation is 1. The molecule has 4 aromatic rings. The van der Waals surface area contributed by atoms with Crippen molar-refractivity contribution in [3.05, 3.63) is 102 Å². The number of hydrogen-bond donors (Lipinski definition) is 1. The van der Waals surface area contributed by atoms with Crippen LogP contribution in [0.5, 0.6) is 5.75 Å². The molecule has 5 nitrogen and oxygen atoms in total. The summed E-state index contributed by atoms with van der Waals surface area (Å²) in [6, 6.07) is 22.1. The molecule has 0 fully saturated rings. The Kier molecular flexibility index (Phi) is 5.38. The summed E-state index contributed by atoms with van der Waals surface area (Å²) in [5.74, 6) is 0.749. The second-order valence-corrected chi connectivity index (χ2v) is 8.03. The van der Waals surface area contributed by atoms with Crippen LogP contribution in [0, 0.1) is 6.92 Å². The van der Waals surface area contributed by atoms with Gasteiger partial charge in [-0.3, -0.25) is 4.79 Å². The molecule has 2 heterocycles. The first-order valence-electron chi connectivity index (χ1n) is 10.7. The summed E-state index contributed by atoms with van der Waals surface area (Å²) in [4.78, 5) is 21.0. The van der Waals surface area contributed by atoms with Gasteiger partial charge in [0.1, 0.15) is 18.2 Å². The van der Waals surface area contributed by atoms with Crippen LogP contribution in [-0.4, -0.2) is 28.5 Å². The zero-order chi connectivity index (χ0) is 21.9. The second-order valence-electron chi connectivity index (χ2n) is 8.03. The lowest BCUT2D eigenvalue weighted by molar-refractivity contribution is 0.0933. The van der Waals surface area contributed by atoms with Crippen molar-refractivity contribution < 1.29 is 9.53 Å². The number of fused-ring (bicyclic) bond motifs is 1. The molecular weight excluding hydrogens is 398 g/mol. The summed E-state index contributed by atoms with van der Waals surface area (Å²) >= 11 is 0. The van der Waals surface area contributed by atoms with Crippen molar-refractivity contribution in [1.82, 2.24) is 15.3 Å². The summed E-state index contributed by atoms with van der Waals surface area (Å²) in [7, 11) is 0. The normalized spacial score (nSPS) is 14.5. The minimum atomic E-state index is -0.111. The lowest BCUT2D eigenvalue weighted by Gasteiger charge is -2.14. The topological polar surface area (TPSA) is 64.1 Å². The Labute approximate surface area is 187 Å². The maximum absolute atomic E-state index is 12.8. The fourth-order valence-electron chi connectivity index (χ4n) is 4.09. The standard InChI is InChI=1S/C27H23N3O2/c1-18-5-2-6-19(11-18)20-7-3-9-22(12-20)27(31)30-16-24-13-21-8-4-10-25(26(21)32-24)23-14-28-17-29-15-23/h2-12,14-15,17,24H,13,16H2,1H3,(H,30,31)/t24-/m0/s1. The molecule has 0 bridgehead atoms. The third-order valence-electron chi connectivity index (χ3n) is 5.67. The van der Waals surface area contributed by atoms with Crippen molar-refractivity contribution in [2.45, 2.75) is 19.4 Å². The lowest BCUT2D eigenvalue weighted by atomic mass is 10.0. The molecule has 1 aliphatic heterocycles. The van der Waals surface area contributed by atoms with E-state index in [0.29, 0.717) is 12.1 Å². The van der Waals surface area contributed by atoms with Gasteiger partial charge in [-0.15, -0.1) is 0 Å². The number of benzene rings is 3. The molecule has 158 valence electrons. The summed E-state index contributed by atoms with van der Waals surface area (Å²) in [5, 5.41) is 3.04. The Morgan fingerprint density at radius 1 is 0.969 bits per heavy atom. The van der Waals surface area contributed by atoms with Gasteiger partial charge >= 0.3 is 0 Å². The first-order chi connectivity index (χ1) is 15.7. The van der Waals surface area contributed by atoms with Crippen molar-refractivity contribution in [2.75, 3.05) is 6.54 Å². The SMILES string of the molecule is Cc1cccc(-c2cccc(C(=O)NC[C@@H]3Cc4cccc(-c5cncnc5)c4O3)c2)c1. The minimum absolute atomic E-state index is 0.101. The molecule has 5 rings (SSSR count). The van der Waals surface area contributed by atoms with Crippen LogP contribution in [0.25, 0.3) is 22.3 Å². The van der Waals surface area contributed by atoms with Crippen LogP contribution in [-0.2, 0) is 6.42 Å². The number of rotatable bonds is 5. The van der Waals surface area contributed by atoms with Crippen LogP contribution in [0.4, 0.5) is 0 Å². The maximum Gasteiger partial charge on any atom is 0.251 e. The zero-order valence-corrected chi connectivity index (χ0v) is 17.8. The van der Waals surface area contributed by atoms with Gasteiger partial charge in [-0.1, -0.05) is 60.2 Å². The zero-order valence-electron chi connectivity index (χ0n) is 17.8. The predicted molar refractivity (Wildman–Crippen MR) is 125 cm³/mol. The number of ether oxygens (including phenoxy) is 1. The third kappa shape index (κ3) is 4.10. The van der Waals surface area contributed by atoms with Crippen LogP contribution in [0.15, 0.2) is 85.5 Å². The summed E-state index contributed by atoms with van der Waals surface area (Å²) < 4.78 is 6.21. The number of carbonyl (C=O) groups excluding carboxylic acids is 1. The highest BCUT2D eigenvalue weighted by Crippen LogP contribution is 2.38. The van der Waals surface area contributed by atoms with Gasteiger partial charge in [0.25, 0.3) is 5.91 Å². The first-order valence-corrected chi connectivity index (χ1v) is 10.7. The van der Waals surface area contributed by atoms with Gasteiger partial charge in [0.2, 0.25) is 0 Å². The molecule has 3 aromatic carbocycles. The summed E-state index contributed by atoms with van der Waals surface area (Å²) in [5.41, 5.74) is 6.99. The number of aromatic nitrogens is 2. The van der Waals surface area contributed by atoms with E-state index in [1.807, 2.05) is 42.5 Å². The van der Waals surface area contributed by atoms with Crippen molar-refractivity contribution in [1.29, 1.82) is 0 Å². The van der Waals surface area contributed by atoms with Gasteiger partial charge in [-0.2, -0.15) is 0 Å². The number of amides is 1. The molecule has 1 atom stereocenters. The Balaban J connectivity index is 1.27. The number of hydrogen-bond acceptors (Lipinski definition) is 4. The average molecular weight is 422 g/mol. The highest BCUT2D eigenvalue weighted by molar-refractivity contribution is 5.95. The van der Waals surface area contributed by atoms with Gasteiger partial charge in [-0.05, 0) is 35.7 Å². The smallest absolute Gasteiger partial charge is 0.251 e. The number of para-hydroxylation sites is 1. The number of nitrogens with one attached hydrogen (secondary N) is 1. The van der Waals surface area contributed by atoms with Gasteiger partial charge in [0.05, 0.1) is 6.54 Å². The predicted octanol–water partition coefficient (Wildman–Crippen LogP) is 4.85. The van der Waals surface area contributed by atoms with Crippen LogP contribution in [0.2, 0.25) is 0 Å². The largest absolute Gasteiger partial charge is 0.487 e. The highest BCUT2D eigenvalue weighted by Gasteiger charge is 2.26. The third-order valence-corrected chi connectivity index (χ3v) is 5.67. The molecule has 0 saturated heterocycles. The number of nitrogens with zero attached hydrogens (tertiary/aromatic N) is 2. The molecule has 1 aromatic heterocycles. The summed E-state index contributed by atoms with van der Waals surface area (Å²) in [6.45, 7) is 2.50. The monoisotopic (exact) mass is 421 g/mol. The van der Waals surface area contributed by atoms with E-state index in [1.54, 1.807) is 12.4 Å². The van der Waals surface area contributed by atoms with E-state index in [1.165, 1.54) is 11.9 Å². The Hall–Kier alpha value is -3.99. The van der Waals surface area contributed by atoms with E-state index < -0.39 is 0 Å². The average Bonchev–Trinajstić information content (AvgIpc) is 3.26. The fraction of sp³-hybridized carbons (Fsp3) is 0.148. The Morgan fingerprint density at radius 2 is 1.72 bits per heavy atom. The molecule has 0 spiro atoms. The fourth-order valence-corrected chi connectivity index (χ4v) is 4.09. The molecule has 0 aliphatic carbocycles. The van der Waals surface area contributed by atoms with E-state index >= 15 is 0 Å². The minimum Gasteiger partial charge on any atom is -0.487 e.